The van der Waals surface area contributed by atoms with Crippen molar-refractivity contribution in [1.29, 1.82) is 0 Å². The molecular weight excluding hydrogens is 302 g/mol. The third-order valence-corrected chi connectivity index (χ3v) is 4.53. The first kappa shape index (κ1) is 16.6. The van der Waals surface area contributed by atoms with Crippen LogP contribution in [0.4, 0.5) is 0 Å². The van der Waals surface area contributed by atoms with Crippen LogP contribution in [0.1, 0.15) is 60.3 Å². The lowest BCUT2D eigenvalue weighted by atomic mass is 10.0. The van der Waals surface area contributed by atoms with E-state index in [1.54, 1.807) is 6.20 Å². The first-order valence-electron chi connectivity index (χ1n) is 8.63. The molecule has 1 aliphatic heterocycles. The number of amides is 1. The number of nitrogens with zero attached hydrogens (tertiary/aromatic N) is 3. The van der Waals surface area contributed by atoms with Gasteiger partial charge in [0.1, 0.15) is 0 Å². The zero-order valence-electron chi connectivity index (χ0n) is 14.3. The van der Waals surface area contributed by atoms with Crippen molar-refractivity contribution >= 4 is 5.91 Å². The number of hydrogen-bond donors (Lipinski definition) is 2. The molecule has 0 unspecified atom stereocenters. The topological polar surface area (TPSA) is 71.8 Å². The van der Waals surface area contributed by atoms with Crippen LogP contribution < -0.4 is 10.6 Å². The van der Waals surface area contributed by atoms with Gasteiger partial charge >= 0.3 is 0 Å². The van der Waals surface area contributed by atoms with Crippen LogP contribution in [-0.4, -0.2) is 34.0 Å². The maximum atomic E-state index is 12.2. The Kier molecular flexibility index (Phi) is 5.25. The molecule has 1 saturated heterocycles. The molecule has 0 aliphatic carbocycles. The van der Waals surface area contributed by atoms with E-state index in [9.17, 15) is 4.79 Å². The van der Waals surface area contributed by atoms with Crippen molar-refractivity contribution in [2.75, 3.05) is 13.1 Å². The van der Waals surface area contributed by atoms with E-state index >= 15 is 0 Å². The fourth-order valence-corrected chi connectivity index (χ4v) is 2.92. The van der Waals surface area contributed by atoms with Gasteiger partial charge in [-0.3, -0.25) is 4.79 Å². The van der Waals surface area contributed by atoms with Gasteiger partial charge in [-0.25, -0.2) is 4.68 Å². The highest BCUT2D eigenvalue weighted by atomic mass is 16.2. The molecule has 0 bridgehead atoms. The second kappa shape index (κ2) is 7.57. The van der Waals surface area contributed by atoms with Crippen LogP contribution in [0.5, 0.6) is 0 Å². The average molecular weight is 327 g/mol. The first-order valence-corrected chi connectivity index (χ1v) is 8.63. The third-order valence-electron chi connectivity index (χ3n) is 4.53. The molecule has 128 valence electrons. The molecule has 6 heteroatoms. The summed E-state index contributed by atoms with van der Waals surface area (Å²) in [5, 5.41) is 14.4. The summed E-state index contributed by atoms with van der Waals surface area (Å²) >= 11 is 0. The first-order chi connectivity index (χ1) is 11.6. The molecule has 0 radical (unpaired) electrons. The normalized spacial score (nSPS) is 15.6. The maximum Gasteiger partial charge on any atom is 0.273 e. The minimum absolute atomic E-state index is 0.178. The van der Waals surface area contributed by atoms with Crippen LogP contribution in [0.15, 0.2) is 30.5 Å². The van der Waals surface area contributed by atoms with Gasteiger partial charge in [0, 0.05) is 6.54 Å². The molecule has 24 heavy (non-hydrogen) atoms. The van der Waals surface area contributed by atoms with Gasteiger partial charge in [0.05, 0.1) is 12.2 Å². The second-order valence-corrected chi connectivity index (χ2v) is 6.64. The molecule has 0 atom stereocenters. The quantitative estimate of drug-likeness (QED) is 0.883. The number of carbonyl (C=O) groups excluding carboxylic acids is 1. The van der Waals surface area contributed by atoms with Crippen LogP contribution in [0.3, 0.4) is 0 Å². The number of rotatable bonds is 5. The van der Waals surface area contributed by atoms with Gasteiger partial charge in [-0.2, -0.15) is 0 Å². The van der Waals surface area contributed by atoms with E-state index in [1.165, 1.54) is 5.56 Å². The maximum absolute atomic E-state index is 12.2. The summed E-state index contributed by atoms with van der Waals surface area (Å²) in [6, 6.07) is 8.67. The summed E-state index contributed by atoms with van der Waals surface area (Å²) in [5.74, 6) is 0.335. The Bertz CT molecular complexity index is 671. The van der Waals surface area contributed by atoms with Gasteiger partial charge in [-0.15, -0.1) is 5.10 Å². The molecule has 1 aromatic carbocycles. The standard InChI is InChI=1S/C18H25N5O/c1-13(2)15-5-3-14(4-6-15)11-20-18(24)17-12-23(22-21-17)16-7-9-19-10-8-16/h3-6,12-13,16,19H,7-11H2,1-2H3,(H,20,24). The lowest BCUT2D eigenvalue weighted by Gasteiger charge is -2.22. The van der Waals surface area contributed by atoms with E-state index in [1.807, 2.05) is 4.68 Å². The summed E-state index contributed by atoms with van der Waals surface area (Å²) in [7, 11) is 0. The Labute approximate surface area is 142 Å². The molecule has 0 saturated carbocycles. The van der Waals surface area contributed by atoms with Crippen molar-refractivity contribution in [2.45, 2.75) is 45.2 Å². The van der Waals surface area contributed by atoms with E-state index < -0.39 is 0 Å². The number of aromatic nitrogens is 3. The van der Waals surface area contributed by atoms with Crippen molar-refractivity contribution < 1.29 is 4.79 Å². The zero-order valence-corrected chi connectivity index (χ0v) is 14.3. The van der Waals surface area contributed by atoms with E-state index in [0.717, 1.165) is 31.5 Å². The van der Waals surface area contributed by atoms with Crippen molar-refractivity contribution in [3.05, 3.63) is 47.3 Å². The number of piperidine rings is 1. The van der Waals surface area contributed by atoms with Crippen molar-refractivity contribution in [3.8, 4) is 0 Å². The lowest BCUT2D eigenvalue weighted by molar-refractivity contribution is 0.0946. The largest absolute Gasteiger partial charge is 0.347 e. The molecular formula is C18H25N5O. The second-order valence-electron chi connectivity index (χ2n) is 6.64. The van der Waals surface area contributed by atoms with E-state index in [-0.39, 0.29) is 5.91 Å². The van der Waals surface area contributed by atoms with Gasteiger partial charge in [0.2, 0.25) is 0 Å². The van der Waals surface area contributed by atoms with Crippen LogP contribution in [0.2, 0.25) is 0 Å². The Morgan fingerprint density at radius 3 is 2.67 bits per heavy atom. The Hall–Kier alpha value is -2.21. The highest BCUT2D eigenvalue weighted by Gasteiger charge is 2.18. The predicted molar refractivity (Wildman–Crippen MR) is 92.9 cm³/mol. The highest BCUT2D eigenvalue weighted by Crippen LogP contribution is 2.17. The van der Waals surface area contributed by atoms with Gasteiger partial charge in [0.25, 0.3) is 5.91 Å². The van der Waals surface area contributed by atoms with Gasteiger partial charge < -0.3 is 10.6 Å². The monoisotopic (exact) mass is 327 g/mol. The van der Waals surface area contributed by atoms with Crippen LogP contribution >= 0.6 is 0 Å². The van der Waals surface area contributed by atoms with Gasteiger partial charge in [0.15, 0.2) is 5.69 Å². The summed E-state index contributed by atoms with van der Waals surface area (Å²) in [4.78, 5) is 12.2. The Balaban J connectivity index is 1.56. The minimum atomic E-state index is -0.178. The lowest BCUT2D eigenvalue weighted by Crippen LogP contribution is -2.29. The van der Waals surface area contributed by atoms with Gasteiger partial charge in [-0.05, 0) is 43.0 Å². The molecule has 1 fully saturated rings. The molecule has 2 N–H and O–H groups in total. The van der Waals surface area contributed by atoms with Crippen LogP contribution in [-0.2, 0) is 6.54 Å². The van der Waals surface area contributed by atoms with Crippen LogP contribution in [0.25, 0.3) is 0 Å². The summed E-state index contributed by atoms with van der Waals surface area (Å²) < 4.78 is 1.83. The average Bonchev–Trinajstić information content (AvgIpc) is 3.11. The molecule has 2 heterocycles. The Morgan fingerprint density at radius 2 is 2.00 bits per heavy atom. The van der Waals surface area contributed by atoms with E-state index in [4.69, 9.17) is 0 Å². The fraction of sp³-hybridized carbons (Fsp3) is 0.500. The fourth-order valence-electron chi connectivity index (χ4n) is 2.92. The summed E-state index contributed by atoms with van der Waals surface area (Å²) in [5.41, 5.74) is 2.76. The van der Waals surface area contributed by atoms with Crippen LogP contribution in [0, 0.1) is 0 Å². The molecule has 1 amide bonds. The molecule has 1 aromatic heterocycles. The molecule has 3 rings (SSSR count). The zero-order chi connectivity index (χ0) is 16.9. The number of benzene rings is 1. The predicted octanol–water partition coefficient (Wildman–Crippen LogP) is 2.26. The number of hydrogen-bond acceptors (Lipinski definition) is 4. The summed E-state index contributed by atoms with van der Waals surface area (Å²) in [6.45, 7) is 6.80. The van der Waals surface area contributed by atoms with Crippen molar-refractivity contribution in [1.82, 2.24) is 25.6 Å². The molecule has 6 nitrogen and oxygen atoms in total. The smallest absolute Gasteiger partial charge is 0.273 e. The van der Waals surface area contributed by atoms with Crippen molar-refractivity contribution in [2.24, 2.45) is 0 Å². The van der Waals surface area contributed by atoms with E-state index in [0.29, 0.717) is 24.2 Å². The van der Waals surface area contributed by atoms with E-state index in [2.05, 4.69) is 59.1 Å². The third kappa shape index (κ3) is 4.00. The van der Waals surface area contributed by atoms with Gasteiger partial charge in [-0.1, -0.05) is 43.3 Å². The Morgan fingerprint density at radius 1 is 1.29 bits per heavy atom. The SMILES string of the molecule is CC(C)c1ccc(CNC(=O)c2cn(C3CCNCC3)nn2)cc1. The molecule has 2 aromatic rings. The van der Waals surface area contributed by atoms with Crippen molar-refractivity contribution in [3.63, 3.8) is 0 Å². The number of carbonyl (C=O) groups is 1. The summed E-state index contributed by atoms with van der Waals surface area (Å²) in [6.07, 6.45) is 3.80. The number of nitrogens with one attached hydrogen (secondary N) is 2. The highest BCUT2D eigenvalue weighted by molar-refractivity contribution is 5.91. The molecule has 1 aliphatic rings. The minimum Gasteiger partial charge on any atom is -0.347 e. The molecule has 0 spiro atoms.